The molecule has 1 aromatic heterocycles. The first kappa shape index (κ1) is 12.2. The monoisotopic (exact) mass is 277 g/mol. The summed E-state index contributed by atoms with van der Waals surface area (Å²) in [7, 11) is 0. The molecule has 80 valence electrons. The predicted molar refractivity (Wildman–Crippen MR) is 64.6 cm³/mol. The molecule has 1 rings (SSSR count). The van der Waals surface area contributed by atoms with E-state index in [1.54, 1.807) is 11.3 Å². The molecule has 2 N–H and O–H groups in total. The molecule has 0 radical (unpaired) electrons. The lowest BCUT2D eigenvalue weighted by molar-refractivity contribution is 0.262. The average molecular weight is 278 g/mol. The Morgan fingerprint density at radius 2 is 2.43 bits per heavy atom. The van der Waals surface area contributed by atoms with Crippen LogP contribution in [0.3, 0.4) is 0 Å². The molecular formula is C10H16BrNOS. The van der Waals surface area contributed by atoms with Crippen LogP contribution < -0.4 is 5.32 Å². The molecule has 0 saturated heterocycles. The number of aliphatic hydroxyl groups is 1. The van der Waals surface area contributed by atoms with Crippen molar-refractivity contribution in [3.05, 3.63) is 20.8 Å². The minimum absolute atomic E-state index is 0.263. The number of hydrogen-bond donors (Lipinski definition) is 2. The quantitative estimate of drug-likeness (QED) is 0.838. The Hall–Kier alpha value is 0.100. The standard InChI is InChI=1S/C10H16BrNOS/c1-2-9(3-4-13)12-6-8-5-10(11)14-7-8/h5,7,9,12-13H,2-4,6H2,1H3. The average Bonchev–Trinajstić information content (AvgIpc) is 2.59. The summed E-state index contributed by atoms with van der Waals surface area (Å²) in [5, 5.41) is 14.4. The highest BCUT2D eigenvalue weighted by molar-refractivity contribution is 9.11. The van der Waals surface area contributed by atoms with Crippen LogP contribution in [-0.4, -0.2) is 17.8 Å². The van der Waals surface area contributed by atoms with Crippen LogP contribution in [0.25, 0.3) is 0 Å². The minimum Gasteiger partial charge on any atom is -0.396 e. The molecule has 0 spiro atoms. The van der Waals surface area contributed by atoms with E-state index in [-0.39, 0.29) is 6.61 Å². The second-order valence-corrected chi connectivity index (χ2v) is 5.55. The normalized spacial score (nSPS) is 13.1. The topological polar surface area (TPSA) is 32.3 Å². The zero-order valence-corrected chi connectivity index (χ0v) is 10.7. The highest BCUT2D eigenvalue weighted by Crippen LogP contribution is 2.20. The van der Waals surface area contributed by atoms with Gasteiger partial charge in [0.25, 0.3) is 0 Å². The van der Waals surface area contributed by atoms with Crippen molar-refractivity contribution in [1.82, 2.24) is 5.32 Å². The molecule has 4 heteroatoms. The van der Waals surface area contributed by atoms with Crippen molar-refractivity contribution in [2.24, 2.45) is 0 Å². The molecule has 0 amide bonds. The fraction of sp³-hybridized carbons (Fsp3) is 0.600. The van der Waals surface area contributed by atoms with Crippen LogP contribution >= 0.6 is 27.3 Å². The Kier molecular flexibility index (Phi) is 5.70. The summed E-state index contributed by atoms with van der Waals surface area (Å²) in [4.78, 5) is 0. The fourth-order valence-electron chi connectivity index (χ4n) is 1.31. The maximum Gasteiger partial charge on any atom is 0.0701 e. The molecule has 14 heavy (non-hydrogen) atoms. The minimum atomic E-state index is 0.263. The molecule has 0 fully saturated rings. The van der Waals surface area contributed by atoms with Gasteiger partial charge in [-0.15, -0.1) is 11.3 Å². The molecule has 1 atom stereocenters. The lowest BCUT2D eigenvalue weighted by atomic mass is 10.1. The summed E-state index contributed by atoms with van der Waals surface area (Å²) < 4.78 is 1.17. The summed E-state index contributed by atoms with van der Waals surface area (Å²) in [5.41, 5.74) is 1.30. The van der Waals surface area contributed by atoms with Crippen molar-refractivity contribution in [3.63, 3.8) is 0 Å². The molecule has 1 unspecified atom stereocenters. The van der Waals surface area contributed by atoms with E-state index in [4.69, 9.17) is 5.11 Å². The number of hydrogen-bond acceptors (Lipinski definition) is 3. The molecule has 0 aliphatic rings. The molecule has 0 saturated carbocycles. The Morgan fingerprint density at radius 3 is 2.93 bits per heavy atom. The van der Waals surface area contributed by atoms with E-state index in [0.29, 0.717) is 6.04 Å². The summed E-state index contributed by atoms with van der Waals surface area (Å²) in [6.45, 7) is 3.29. The lowest BCUT2D eigenvalue weighted by Crippen LogP contribution is -2.28. The molecule has 1 aromatic rings. The van der Waals surface area contributed by atoms with Crippen molar-refractivity contribution in [2.75, 3.05) is 6.61 Å². The molecular weight excluding hydrogens is 262 g/mol. The Morgan fingerprint density at radius 1 is 1.64 bits per heavy atom. The maximum atomic E-state index is 8.82. The Balaban J connectivity index is 2.31. The molecule has 0 bridgehead atoms. The number of nitrogens with one attached hydrogen (secondary N) is 1. The van der Waals surface area contributed by atoms with Crippen LogP contribution in [-0.2, 0) is 6.54 Å². The Bertz CT molecular complexity index is 264. The van der Waals surface area contributed by atoms with Gasteiger partial charge in [-0.05, 0) is 45.8 Å². The fourth-order valence-corrected chi connectivity index (χ4v) is 2.52. The van der Waals surface area contributed by atoms with E-state index in [2.05, 4.69) is 39.6 Å². The van der Waals surface area contributed by atoms with E-state index >= 15 is 0 Å². The van der Waals surface area contributed by atoms with Gasteiger partial charge in [0.1, 0.15) is 0 Å². The van der Waals surface area contributed by atoms with Crippen molar-refractivity contribution in [1.29, 1.82) is 0 Å². The summed E-state index contributed by atoms with van der Waals surface area (Å²) in [5.74, 6) is 0. The van der Waals surface area contributed by atoms with Gasteiger partial charge in [0.15, 0.2) is 0 Å². The van der Waals surface area contributed by atoms with E-state index < -0.39 is 0 Å². The third-order valence-corrected chi connectivity index (χ3v) is 3.74. The van der Waals surface area contributed by atoms with Gasteiger partial charge < -0.3 is 10.4 Å². The number of halogens is 1. The first-order valence-electron chi connectivity index (χ1n) is 4.83. The van der Waals surface area contributed by atoms with E-state index in [9.17, 15) is 0 Å². The van der Waals surface area contributed by atoms with Gasteiger partial charge in [-0.3, -0.25) is 0 Å². The van der Waals surface area contributed by atoms with Crippen LogP contribution in [0.2, 0.25) is 0 Å². The van der Waals surface area contributed by atoms with Gasteiger partial charge in [-0.2, -0.15) is 0 Å². The van der Waals surface area contributed by atoms with Gasteiger partial charge in [-0.1, -0.05) is 6.92 Å². The molecule has 0 aromatic carbocycles. The van der Waals surface area contributed by atoms with Gasteiger partial charge in [0.2, 0.25) is 0 Å². The number of rotatable bonds is 6. The molecule has 0 aliphatic heterocycles. The van der Waals surface area contributed by atoms with Crippen LogP contribution in [0.4, 0.5) is 0 Å². The van der Waals surface area contributed by atoms with Gasteiger partial charge in [-0.25, -0.2) is 0 Å². The van der Waals surface area contributed by atoms with Gasteiger partial charge in [0, 0.05) is 19.2 Å². The van der Waals surface area contributed by atoms with Crippen LogP contribution in [0, 0.1) is 0 Å². The predicted octanol–water partition coefficient (Wildman–Crippen LogP) is 2.76. The second-order valence-electron chi connectivity index (χ2n) is 3.26. The van der Waals surface area contributed by atoms with E-state index in [0.717, 1.165) is 19.4 Å². The highest BCUT2D eigenvalue weighted by Gasteiger charge is 2.05. The van der Waals surface area contributed by atoms with Gasteiger partial charge in [0.05, 0.1) is 3.79 Å². The number of thiophene rings is 1. The van der Waals surface area contributed by atoms with Gasteiger partial charge >= 0.3 is 0 Å². The largest absolute Gasteiger partial charge is 0.396 e. The van der Waals surface area contributed by atoms with Crippen molar-refractivity contribution < 1.29 is 5.11 Å². The molecule has 1 heterocycles. The van der Waals surface area contributed by atoms with Crippen LogP contribution in [0.5, 0.6) is 0 Å². The third-order valence-electron chi connectivity index (χ3n) is 2.19. The van der Waals surface area contributed by atoms with E-state index in [1.165, 1.54) is 9.35 Å². The van der Waals surface area contributed by atoms with Crippen molar-refractivity contribution in [2.45, 2.75) is 32.4 Å². The van der Waals surface area contributed by atoms with E-state index in [1.807, 2.05) is 0 Å². The first-order valence-corrected chi connectivity index (χ1v) is 6.50. The maximum absolute atomic E-state index is 8.82. The lowest BCUT2D eigenvalue weighted by Gasteiger charge is -2.14. The summed E-state index contributed by atoms with van der Waals surface area (Å²) in [6, 6.07) is 2.56. The van der Waals surface area contributed by atoms with Crippen LogP contribution in [0.15, 0.2) is 15.2 Å². The molecule has 0 aliphatic carbocycles. The van der Waals surface area contributed by atoms with Crippen molar-refractivity contribution in [3.8, 4) is 0 Å². The molecule has 2 nitrogen and oxygen atoms in total. The third kappa shape index (κ3) is 4.09. The van der Waals surface area contributed by atoms with Crippen LogP contribution in [0.1, 0.15) is 25.3 Å². The first-order chi connectivity index (χ1) is 6.76. The highest BCUT2D eigenvalue weighted by atomic mass is 79.9. The summed E-state index contributed by atoms with van der Waals surface area (Å²) in [6.07, 6.45) is 1.90. The Labute approximate surface area is 97.5 Å². The number of aliphatic hydroxyl groups excluding tert-OH is 1. The second kappa shape index (κ2) is 6.56. The smallest absolute Gasteiger partial charge is 0.0701 e. The zero-order valence-electron chi connectivity index (χ0n) is 8.29. The summed E-state index contributed by atoms with van der Waals surface area (Å²) >= 11 is 5.14. The zero-order chi connectivity index (χ0) is 10.4. The SMILES string of the molecule is CCC(CCO)NCc1csc(Br)c1. The van der Waals surface area contributed by atoms with Crippen molar-refractivity contribution >= 4 is 27.3 Å².